The van der Waals surface area contributed by atoms with Crippen molar-refractivity contribution in [2.75, 3.05) is 0 Å². The number of benzene rings is 2. The first kappa shape index (κ1) is 17.0. The quantitative estimate of drug-likeness (QED) is 0.785. The lowest BCUT2D eigenvalue weighted by atomic mass is 10.0. The van der Waals surface area contributed by atoms with Crippen LogP contribution in [0.15, 0.2) is 48.5 Å². The lowest BCUT2D eigenvalue weighted by Gasteiger charge is -2.18. The average Bonchev–Trinajstić information content (AvgIpc) is 3.39. The molecule has 3 rings (SSSR count). The molecule has 5 nitrogen and oxygen atoms in total. The van der Waals surface area contributed by atoms with Crippen LogP contribution in [0.2, 0.25) is 0 Å². The first-order chi connectivity index (χ1) is 11.9. The second-order valence-electron chi connectivity index (χ2n) is 6.19. The predicted molar refractivity (Wildman–Crippen MR) is 88.8 cm³/mol. The van der Waals surface area contributed by atoms with E-state index in [2.05, 4.69) is 5.32 Å². The summed E-state index contributed by atoms with van der Waals surface area (Å²) in [6, 6.07) is 12.8. The molecule has 0 saturated heterocycles. The van der Waals surface area contributed by atoms with Gasteiger partial charge < -0.3 is 15.2 Å². The van der Waals surface area contributed by atoms with Crippen LogP contribution in [0, 0.1) is 11.2 Å². The molecule has 0 bridgehead atoms. The third-order valence-electron chi connectivity index (χ3n) is 4.37. The van der Waals surface area contributed by atoms with E-state index in [1.807, 2.05) is 6.07 Å². The largest absolute Gasteiger partial charge is 0.480 e. The van der Waals surface area contributed by atoms with E-state index in [9.17, 15) is 14.0 Å². The Morgan fingerprint density at radius 2 is 1.88 bits per heavy atom. The van der Waals surface area contributed by atoms with E-state index in [-0.39, 0.29) is 5.75 Å². The van der Waals surface area contributed by atoms with Gasteiger partial charge in [-0.3, -0.25) is 9.59 Å². The van der Waals surface area contributed by atoms with Crippen molar-refractivity contribution in [1.82, 2.24) is 5.32 Å². The number of carboxylic acids is 1. The summed E-state index contributed by atoms with van der Waals surface area (Å²) >= 11 is 0. The lowest BCUT2D eigenvalue weighted by molar-refractivity contribution is -0.149. The van der Waals surface area contributed by atoms with Gasteiger partial charge in [0.1, 0.15) is 11.2 Å². The minimum Gasteiger partial charge on any atom is -0.480 e. The van der Waals surface area contributed by atoms with E-state index < -0.39 is 29.2 Å². The van der Waals surface area contributed by atoms with Crippen molar-refractivity contribution in [2.24, 2.45) is 5.41 Å². The number of para-hydroxylation sites is 1. The first-order valence-electron chi connectivity index (χ1n) is 7.99. The standard InChI is InChI=1S/C19H18FNO4/c1-12(21-17(22)19(9-10-19)18(23)24)13-7-8-16(15(20)11-13)25-14-5-3-2-4-6-14/h2-8,11-12H,9-10H2,1H3,(H,21,22)(H,23,24). The smallest absolute Gasteiger partial charge is 0.319 e. The van der Waals surface area contributed by atoms with Gasteiger partial charge in [-0.2, -0.15) is 0 Å². The van der Waals surface area contributed by atoms with Gasteiger partial charge in [0.2, 0.25) is 5.91 Å². The molecule has 1 aliphatic carbocycles. The number of halogens is 1. The second kappa shape index (κ2) is 6.55. The number of carbonyl (C=O) groups excluding carboxylic acids is 1. The van der Waals surface area contributed by atoms with Crippen LogP contribution in [0.3, 0.4) is 0 Å². The zero-order chi connectivity index (χ0) is 18.0. The van der Waals surface area contributed by atoms with Crippen molar-refractivity contribution < 1.29 is 23.8 Å². The predicted octanol–water partition coefficient (Wildman–Crippen LogP) is 3.66. The molecule has 0 aromatic heterocycles. The fourth-order valence-corrected chi connectivity index (χ4v) is 2.57. The van der Waals surface area contributed by atoms with Crippen LogP contribution in [0.5, 0.6) is 11.5 Å². The number of hydrogen-bond donors (Lipinski definition) is 2. The molecule has 1 saturated carbocycles. The van der Waals surface area contributed by atoms with E-state index in [4.69, 9.17) is 9.84 Å². The number of amides is 1. The topological polar surface area (TPSA) is 75.6 Å². The monoisotopic (exact) mass is 343 g/mol. The molecule has 1 unspecified atom stereocenters. The Kier molecular flexibility index (Phi) is 4.44. The molecule has 0 radical (unpaired) electrons. The minimum absolute atomic E-state index is 0.0812. The van der Waals surface area contributed by atoms with Crippen LogP contribution in [-0.2, 0) is 9.59 Å². The second-order valence-corrected chi connectivity index (χ2v) is 6.19. The minimum atomic E-state index is -1.32. The molecule has 2 aromatic rings. The van der Waals surface area contributed by atoms with Gasteiger partial charge in [0.05, 0.1) is 6.04 Å². The number of aliphatic carboxylic acids is 1. The van der Waals surface area contributed by atoms with Gasteiger partial charge in [0.25, 0.3) is 0 Å². The normalized spacial score (nSPS) is 15.9. The van der Waals surface area contributed by atoms with Gasteiger partial charge >= 0.3 is 5.97 Å². The van der Waals surface area contributed by atoms with E-state index in [1.165, 1.54) is 12.1 Å². The fraction of sp³-hybridized carbons (Fsp3) is 0.263. The van der Waals surface area contributed by atoms with E-state index in [1.54, 1.807) is 37.3 Å². The zero-order valence-corrected chi connectivity index (χ0v) is 13.7. The number of ether oxygens (including phenoxy) is 1. The van der Waals surface area contributed by atoms with Crippen LogP contribution >= 0.6 is 0 Å². The maximum absolute atomic E-state index is 14.3. The zero-order valence-electron chi connectivity index (χ0n) is 13.7. The van der Waals surface area contributed by atoms with E-state index in [0.717, 1.165) is 0 Å². The summed E-state index contributed by atoms with van der Waals surface area (Å²) in [5.41, 5.74) is -0.782. The third-order valence-corrected chi connectivity index (χ3v) is 4.37. The molecular weight excluding hydrogens is 325 g/mol. The van der Waals surface area contributed by atoms with Crippen LogP contribution in [0.25, 0.3) is 0 Å². The van der Waals surface area contributed by atoms with Crippen molar-refractivity contribution >= 4 is 11.9 Å². The Hall–Kier alpha value is -2.89. The molecule has 0 heterocycles. The van der Waals surface area contributed by atoms with Crippen molar-refractivity contribution in [3.05, 3.63) is 59.9 Å². The number of hydrogen-bond acceptors (Lipinski definition) is 3. The summed E-state index contributed by atoms with van der Waals surface area (Å²) in [5, 5.41) is 11.8. The molecule has 25 heavy (non-hydrogen) atoms. The highest BCUT2D eigenvalue weighted by atomic mass is 19.1. The molecule has 1 aliphatic rings. The molecule has 1 fully saturated rings. The number of nitrogens with one attached hydrogen (secondary N) is 1. The van der Waals surface area contributed by atoms with Crippen molar-refractivity contribution in [2.45, 2.75) is 25.8 Å². The van der Waals surface area contributed by atoms with Crippen LogP contribution in [-0.4, -0.2) is 17.0 Å². The van der Waals surface area contributed by atoms with Crippen LogP contribution in [0.1, 0.15) is 31.4 Å². The Labute approximate surface area is 144 Å². The highest BCUT2D eigenvalue weighted by Crippen LogP contribution is 2.46. The van der Waals surface area contributed by atoms with Crippen molar-refractivity contribution in [1.29, 1.82) is 0 Å². The van der Waals surface area contributed by atoms with Crippen molar-refractivity contribution in [3.8, 4) is 11.5 Å². The molecular formula is C19H18FNO4. The van der Waals surface area contributed by atoms with Gasteiger partial charge in [-0.15, -0.1) is 0 Å². The Balaban J connectivity index is 1.70. The molecule has 1 amide bonds. The van der Waals surface area contributed by atoms with Crippen molar-refractivity contribution in [3.63, 3.8) is 0 Å². The number of carboxylic acid groups (broad SMARTS) is 1. The summed E-state index contributed by atoms with van der Waals surface area (Å²) in [4.78, 5) is 23.3. The lowest BCUT2D eigenvalue weighted by Crippen LogP contribution is -2.38. The first-order valence-corrected chi connectivity index (χ1v) is 7.99. The fourth-order valence-electron chi connectivity index (χ4n) is 2.57. The summed E-state index contributed by atoms with van der Waals surface area (Å²) in [6.07, 6.45) is 0.665. The van der Waals surface area contributed by atoms with Crippen LogP contribution < -0.4 is 10.1 Å². The SMILES string of the molecule is CC(NC(=O)C1(C(=O)O)CC1)c1ccc(Oc2ccccc2)c(F)c1. The van der Waals surface area contributed by atoms with Gasteiger partial charge in [0.15, 0.2) is 11.6 Å². The summed E-state index contributed by atoms with van der Waals surface area (Å²) < 4.78 is 19.8. The van der Waals surface area contributed by atoms with Gasteiger partial charge in [0, 0.05) is 0 Å². The van der Waals surface area contributed by atoms with Gasteiger partial charge in [-0.25, -0.2) is 4.39 Å². The third kappa shape index (κ3) is 3.47. The van der Waals surface area contributed by atoms with Gasteiger partial charge in [-0.05, 0) is 49.6 Å². The summed E-state index contributed by atoms with van der Waals surface area (Å²) in [5.74, 6) is -1.60. The Morgan fingerprint density at radius 3 is 2.44 bits per heavy atom. The molecule has 0 spiro atoms. The maximum Gasteiger partial charge on any atom is 0.319 e. The Bertz CT molecular complexity index is 802. The average molecular weight is 343 g/mol. The maximum atomic E-state index is 14.3. The molecule has 0 aliphatic heterocycles. The van der Waals surface area contributed by atoms with Gasteiger partial charge in [-0.1, -0.05) is 24.3 Å². The highest BCUT2D eigenvalue weighted by Gasteiger charge is 2.57. The van der Waals surface area contributed by atoms with Crippen LogP contribution in [0.4, 0.5) is 4.39 Å². The molecule has 2 N–H and O–H groups in total. The van der Waals surface area contributed by atoms with E-state index in [0.29, 0.717) is 24.2 Å². The summed E-state index contributed by atoms with van der Waals surface area (Å²) in [7, 11) is 0. The van der Waals surface area contributed by atoms with E-state index >= 15 is 0 Å². The number of rotatable bonds is 6. The summed E-state index contributed by atoms with van der Waals surface area (Å²) in [6.45, 7) is 1.68. The molecule has 6 heteroatoms. The number of carbonyl (C=O) groups is 2. The molecule has 1 atom stereocenters. The Morgan fingerprint density at radius 1 is 1.20 bits per heavy atom. The highest BCUT2D eigenvalue weighted by molar-refractivity contribution is 6.04. The molecule has 130 valence electrons. The molecule has 2 aromatic carbocycles.